The van der Waals surface area contributed by atoms with Crippen LogP contribution in [0, 0.1) is 0 Å². The minimum absolute atomic E-state index is 0.801. The van der Waals surface area contributed by atoms with Crippen LogP contribution in [0.3, 0.4) is 0 Å². The van der Waals surface area contributed by atoms with Crippen LogP contribution in [0.1, 0.15) is 58.3 Å². The molecule has 0 aromatic rings. The van der Waals surface area contributed by atoms with Gasteiger partial charge in [0.2, 0.25) is 0 Å². The summed E-state index contributed by atoms with van der Waals surface area (Å²) < 4.78 is 0. The van der Waals surface area contributed by atoms with Gasteiger partial charge >= 0.3 is 0 Å². The number of allylic oxidation sites excluding steroid dienone is 6. The highest BCUT2D eigenvalue weighted by atomic mass is 16.1. The van der Waals surface area contributed by atoms with E-state index in [0.717, 1.165) is 12.7 Å². The van der Waals surface area contributed by atoms with Crippen molar-refractivity contribution in [3.63, 3.8) is 0 Å². The smallest absolute Gasteiger partial charge is 0.142 e. The fourth-order valence-corrected chi connectivity index (χ4v) is 1.54. The molecule has 1 nitrogen and oxygen atoms in total. The van der Waals surface area contributed by atoms with Gasteiger partial charge < -0.3 is 0 Å². The molecule has 0 aliphatic carbocycles. The van der Waals surface area contributed by atoms with Crippen molar-refractivity contribution in [2.75, 3.05) is 0 Å². The molecule has 0 amide bonds. The number of carbonyl (C=O) groups is 1. The predicted molar refractivity (Wildman–Crippen MR) is 76.1 cm³/mol. The van der Waals surface area contributed by atoms with Crippen LogP contribution in [-0.4, -0.2) is 6.29 Å². The largest absolute Gasteiger partial charge is 0.299 e. The van der Waals surface area contributed by atoms with E-state index in [9.17, 15) is 4.79 Å². The SMILES string of the molecule is CCCCC=CCCCCCC=CC=CC=O. The summed E-state index contributed by atoms with van der Waals surface area (Å²) in [5.74, 6) is 0. The minimum Gasteiger partial charge on any atom is -0.299 e. The molecule has 0 heterocycles. The molecule has 0 aromatic heterocycles. The van der Waals surface area contributed by atoms with Gasteiger partial charge in [-0.2, -0.15) is 0 Å². The molecule has 0 aromatic carbocycles. The first-order valence-electron chi connectivity index (χ1n) is 6.83. The molecule has 96 valence electrons. The van der Waals surface area contributed by atoms with E-state index in [-0.39, 0.29) is 0 Å². The van der Waals surface area contributed by atoms with Crippen LogP contribution in [0.25, 0.3) is 0 Å². The van der Waals surface area contributed by atoms with Crippen LogP contribution in [0.4, 0.5) is 0 Å². The molecule has 0 bridgehead atoms. The fourth-order valence-electron chi connectivity index (χ4n) is 1.54. The van der Waals surface area contributed by atoms with Gasteiger partial charge in [0.05, 0.1) is 0 Å². The van der Waals surface area contributed by atoms with Crippen molar-refractivity contribution in [3.05, 3.63) is 36.5 Å². The quantitative estimate of drug-likeness (QED) is 0.162. The Bertz CT molecular complexity index is 236. The molecule has 0 radical (unpaired) electrons. The van der Waals surface area contributed by atoms with Gasteiger partial charge in [-0.15, -0.1) is 0 Å². The number of carbonyl (C=O) groups excluding carboxylic acids is 1. The Balaban J connectivity index is 3.18. The summed E-state index contributed by atoms with van der Waals surface area (Å²) in [6, 6.07) is 0. The Morgan fingerprint density at radius 3 is 2.00 bits per heavy atom. The maximum absolute atomic E-state index is 9.98. The van der Waals surface area contributed by atoms with Gasteiger partial charge in [-0.25, -0.2) is 0 Å². The number of rotatable bonds is 11. The van der Waals surface area contributed by atoms with Gasteiger partial charge in [-0.1, -0.05) is 56.6 Å². The maximum Gasteiger partial charge on any atom is 0.142 e. The lowest BCUT2D eigenvalue weighted by molar-refractivity contribution is -0.104. The third kappa shape index (κ3) is 14.9. The highest BCUT2D eigenvalue weighted by Crippen LogP contribution is 2.05. The summed E-state index contributed by atoms with van der Waals surface area (Å²) in [6.07, 6.45) is 22.8. The summed E-state index contributed by atoms with van der Waals surface area (Å²) in [7, 11) is 0. The van der Waals surface area contributed by atoms with Crippen molar-refractivity contribution in [1.29, 1.82) is 0 Å². The van der Waals surface area contributed by atoms with E-state index in [0.29, 0.717) is 0 Å². The van der Waals surface area contributed by atoms with Crippen LogP contribution in [0.15, 0.2) is 36.5 Å². The van der Waals surface area contributed by atoms with E-state index >= 15 is 0 Å². The molecular weight excluding hydrogens is 208 g/mol. The van der Waals surface area contributed by atoms with Crippen LogP contribution >= 0.6 is 0 Å². The second-order valence-corrected chi connectivity index (χ2v) is 4.20. The van der Waals surface area contributed by atoms with Crippen molar-refractivity contribution in [1.82, 2.24) is 0 Å². The molecule has 0 saturated heterocycles. The first-order chi connectivity index (χ1) is 8.41. The molecule has 0 unspecified atom stereocenters. The van der Waals surface area contributed by atoms with Gasteiger partial charge in [0.15, 0.2) is 0 Å². The number of aldehydes is 1. The van der Waals surface area contributed by atoms with Crippen LogP contribution in [-0.2, 0) is 4.79 Å². The van der Waals surface area contributed by atoms with Gasteiger partial charge in [-0.05, 0) is 38.2 Å². The molecule has 1 heteroatoms. The lowest BCUT2D eigenvalue weighted by atomic mass is 10.1. The predicted octanol–water partition coefficient (Wildman–Crippen LogP) is 4.99. The summed E-state index contributed by atoms with van der Waals surface area (Å²) >= 11 is 0. The molecule has 0 N–H and O–H groups in total. The number of unbranched alkanes of at least 4 members (excludes halogenated alkanes) is 6. The topological polar surface area (TPSA) is 17.1 Å². The molecular formula is C16H26O. The normalized spacial score (nSPS) is 12.1. The molecule has 0 aliphatic heterocycles. The Hall–Kier alpha value is -1.11. The Morgan fingerprint density at radius 2 is 1.35 bits per heavy atom. The van der Waals surface area contributed by atoms with Gasteiger partial charge in [0.1, 0.15) is 6.29 Å². The molecule has 0 saturated carbocycles. The van der Waals surface area contributed by atoms with Crippen LogP contribution in [0.5, 0.6) is 0 Å². The fraction of sp³-hybridized carbons (Fsp3) is 0.562. The zero-order valence-electron chi connectivity index (χ0n) is 11.1. The van der Waals surface area contributed by atoms with Crippen molar-refractivity contribution < 1.29 is 4.79 Å². The first-order valence-corrected chi connectivity index (χ1v) is 6.83. The summed E-state index contributed by atoms with van der Waals surface area (Å²) in [5, 5.41) is 0. The van der Waals surface area contributed by atoms with E-state index in [4.69, 9.17) is 0 Å². The Labute approximate surface area is 106 Å². The van der Waals surface area contributed by atoms with Gasteiger partial charge in [0, 0.05) is 0 Å². The second-order valence-electron chi connectivity index (χ2n) is 4.20. The van der Waals surface area contributed by atoms with E-state index in [1.165, 1.54) is 51.0 Å². The van der Waals surface area contributed by atoms with Crippen LogP contribution < -0.4 is 0 Å². The highest BCUT2D eigenvalue weighted by Gasteiger charge is 1.85. The molecule has 0 fully saturated rings. The second kappa shape index (κ2) is 14.9. The molecule has 0 rings (SSSR count). The zero-order chi connectivity index (χ0) is 12.6. The minimum atomic E-state index is 0.801. The average molecular weight is 234 g/mol. The summed E-state index contributed by atoms with van der Waals surface area (Å²) in [5.41, 5.74) is 0. The van der Waals surface area contributed by atoms with Crippen molar-refractivity contribution >= 4 is 6.29 Å². The van der Waals surface area contributed by atoms with E-state index in [2.05, 4.69) is 25.2 Å². The van der Waals surface area contributed by atoms with Gasteiger partial charge in [0.25, 0.3) is 0 Å². The summed E-state index contributed by atoms with van der Waals surface area (Å²) in [6.45, 7) is 2.23. The lowest BCUT2D eigenvalue weighted by Crippen LogP contribution is -1.75. The van der Waals surface area contributed by atoms with Crippen molar-refractivity contribution in [2.45, 2.75) is 58.3 Å². The van der Waals surface area contributed by atoms with Crippen molar-refractivity contribution in [2.24, 2.45) is 0 Å². The molecule has 0 aliphatic rings. The molecule has 17 heavy (non-hydrogen) atoms. The van der Waals surface area contributed by atoms with E-state index in [1.54, 1.807) is 6.08 Å². The standard InChI is InChI=1S/C16H26O/c1-2-3-4-5-6-7-8-9-10-11-12-13-14-15-16-17/h5-6,12-16H,2-4,7-11H2,1H3. The van der Waals surface area contributed by atoms with Crippen molar-refractivity contribution in [3.8, 4) is 0 Å². The monoisotopic (exact) mass is 234 g/mol. The van der Waals surface area contributed by atoms with Gasteiger partial charge in [-0.3, -0.25) is 4.79 Å². The lowest BCUT2D eigenvalue weighted by Gasteiger charge is -1.95. The number of hydrogen-bond acceptors (Lipinski definition) is 1. The number of hydrogen-bond donors (Lipinski definition) is 0. The zero-order valence-corrected chi connectivity index (χ0v) is 11.1. The highest BCUT2D eigenvalue weighted by molar-refractivity contribution is 5.65. The van der Waals surface area contributed by atoms with Crippen LogP contribution in [0.2, 0.25) is 0 Å². The average Bonchev–Trinajstić information content (AvgIpc) is 2.35. The molecule has 0 atom stereocenters. The van der Waals surface area contributed by atoms with E-state index in [1.807, 2.05) is 6.08 Å². The molecule has 0 spiro atoms. The summed E-state index contributed by atoms with van der Waals surface area (Å²) in [4.78, 5) is 9.98. The third-order valence-corrected chi connectivity index (χ3v) is 2.57. The third-order valence-electron chi connectivity index (χ3n) is 2.57. The maximum atomic E-state index is 9.98. The van der Waals surface area contributed by atoms with E-state index < -0.39 is 0 Å². The Kier molecular flexibility index (Phi) is 13.9. The first kappa shape index (κ1) is 15.9. The Morgan fingerprint density at radius 1 is 0.706 bits per heavy atom.